The summed E-state index contributed by atoms with van der Waals surface area (Å²) in [6.07, 6.45) is 3.89. The molecule has 0 amide bonds. The average Bonchev–Trinajstić information content (AvgIpc) is 3.24. The van der Waals surface area contributed by atoms with Crippen molar-refractivity contribution >= 4 is 36.2 Å². The van der Waals surface area contributed by atoms with Gasteiger partial charge < -0.3 is 23.8 Å². The normalized spacial score (nSPS) is 15.7. The van der Waals surface area contributed by atoms with Crippen LogP contribution in [0.5, 0.6) is 17.2 Å². The van der Waals surface area contributed by atoms with Crippen molar-refractivity contribution in [2.75, 3.05) is 13.9 Å². The molecule has 2 aromatic heterocycles. The highest BCUT2D eigenvalue weighted by molar-refractivity contribution is 7.99. The topological polar surface area (TPSA) is 98.0 Å². The third-order valence-electron chi connectivity index (χ3n) is 6.24. The standard InChI is InChI=1S/C23H20BN5O3S/c1-30-14-4-2-13(3-5-14)23(6-7-23)10-29-11-26-20(25)19-21(29)28-22(27-19)33-18-9-17-16(8-15(18)24)31-12-32-17/h2-5,8-9,11,25H,6-7,10,12H2,1H3,(H,27,28). The molecule has 0 bridgehead atoms. The van der Waals surface area contributed by atoms with Crippen molar-refractivity contribution in [3.05, 3.63) is 53.8 Å². The van der Waals surface area contributed by atoms with Crippen LogP contribution in [-0.4, -0.2) is 41.3 Å². The Morgan fingerprint density at radius 1 is 1.21 bits per heavy atom. The Hall–Kier alpha value is -3.40. The summed E-state index contributed by atoms with van der Waals surface area (Å²) in [5.74, 6) is 2.16. The molecule has 0 saturated heterocycles. The Balaban J connectivity index is 1.33. The van der Waals surface area contributed by atoms with Crippen LogP contribution in [0, 0.1) is 5.41 Å². The number of H-pyrrole nitrogens is 1. The lowest BCUT2D eigenvalue weighted by Gasteiger charge is -2.18. The molecule has 164 valence electrons. The van der Waals surface area contributed by atoms with Crippen molar-refractivity contribution in [2.24, 2.45) is 0 Å². The summed E-state index contributed by atoms with van der Waals surface area (Å²) in [4.78, 5) is 13.1. The monoisotopic (exact) mass is 457 g/mol. The van der Waals surface area contributed by atoms with Gasteiger partial charge in [0.05, 0.1) is 13.4 Å². The van der Waals surface area contributed by atoms with Crippen LogP contribution in [0.1, 0.15) is 18.4 Å². The Morgan fingerprint density at radius 2 is 1.97 bits per heavy atom. The van der Waals surface area contributed by atoms with Gasteiger partial charge in [-0.1, -0.05) is 29.4 Å². The maximum Gasteiger partial charge on any atom is 0.231 e. The number of hydrogen-bond acceptors (Lipinski definition) is 7. The fourth-order valence-electron chi connectivity index (χ4n) is 4.22. The van der Waals surface area contributed by atoms with Gasteiger partial charge in [-0.05, 0) is 42.7 Å². The second kappa shape index (κ2) is 7.59. The zero-order valence-electron chi connectivity index (χ0n) is 17.9. The van der Waals surface area contributed by atoms with E-state index < -0.39 is 0 Å². The summed E-state index contributed by atoms with van der Waals surface area (Å²) in [5, 5.41) is 8.91. The second-order valence-corrected chi connectivity index (χ2v) is 9.35. The molecule has 6 rings (SSSR count). The quantitative estimate of drug-likeness (QED) is 0.432. The predicted molar refractivity (Wildman–Crippen MR) is 124 cm³/mol. The summed E-state index contributed by atoms with van der Waals surface area (Å²) in [6, 6.07) is 11.9. The van der Waals surface area contributed by atoms with Crippen LogP contribution in [0.2, 0.25) is 0 Å². The fraction of sp³-hybridized carbons (Fsp3) is 0.261. The zero-order valence-corrected chi connectivity index (χ0v) is 18.7. The molecule has 3 heterocycles. The number of fused-ring (bicyclic) bond motifs is 2. The van der Waals surface area contributed by atoms with E-state index >= 15 is 0 Å². The maximum absolute atomic E-state index is 8.27. The van der Waals surface area contributed by atoms with Gasteiger partial charge in [-0.3, -0.25) is 5.41 Å². The van der Waals surface area contributed by atoms with E-state index in [1.807, 2.05) is 22.8 Å². The van der Waals surface area contributed by atoms with E-state index in [0.29, 0.717) is 33.3 Å². The SMILES string of the molecule is [B]c1cc2c(cc1Sc1nc3c([nH]1)c(=N)ncn3CC1(c3ccc(OC)cc3)CC1)OCO2. The number of nitrogens with zero attached hydrogens (tertiary/aromatic N) is 3. The first kappa shape index (κ1) is 20.2. The van der Waals surface area contributed by atoms with Gasteiger partial charge in [-0.2, -0.15) is 0 Å². The van der Waals surface area contributed by atoms with Gasteiger partial charge in [0.2, 0.25) is 6.79 Å². The van der Waals surface area contributed by atoms with E-state index in [0.717, 1.165) is 30.0 Å². The molecule has 2 N–H and O–H groups in total. The van der Waals surface area contributed by atoms with Gasteiger partial charge >= 0.3 is 0 Å². The molecule has 1 saturated carbocycles. The van der Waals surface area contributed by atoms with E-state index in [4.69, 9.17) is 32.5 Å². The van der Waals surface area contributed by atoms with Crippen molar-refractivity contribution in [3.63, 3.8) is 0 Å². The summed E-state index contributed by atoms with van der Waals surface area (Å²) in [6.45, 7) is 0.932. The van der Waals surface area contributed by atoms with Crippen molar-refractivity contribution in [1.29, 1.82) is 5.41 Å². The number of benzene rings is 2. The van der Waals surface area contributed by atoms with Crippen LogP contribution >= 0.6 is 11.8 Å². The number of rotatable bonds is 6. The van der Waals surface area contributed by atoms with Gasteiger partial charge in [0.1, 0.15) is 19.1 Å². The largest absolute Gasteiger partial charge is 0.497 e. The highest BCUT2D eigenvalue weighted by Gasteiger charge is 2.44. The van der Waals surface area contributed by atoms with Crippen molar-refractivity contribution in [3.8, 4) is 17.2 Å². The minimum atomic E-state index is 0.0447. The zero-order chi connectivity index (χ0) is 22.6. The van der Waals surface area contributed by atoms with Gasteiger partial charge in [0, 0.05) is 16.9 Å². The molecule has 0 unspecified atom stereocenters. The lowest BCUT2D eigenvalue weighted by molar-refractivity contribution is 0.174. The second-order valence-electron chi connectivity index (χ2n) is 8.32. The van der Waals surface area contributed by atoms with Crippen molar-refractivity contribution < 1.29 is 14.2 Å². The summed E-state index contributed by atoms with van der Waals surface area (Å²) >= 11 is 1.39. The first-order chi connectivity index (χ1) is 16.0. The smallest absolute Gasteiger partial charge is 0.231 e. The molecule has 10 heteroatoms. The van der Waals surface area contributed by atoms with Crippen LogP contribution in [0.4, 0.5) is 0 Å². The van der Waals surface area contributed by atoms with E-state index in [-0.39, 0.29) is 17.7 Å². The average molecular weight is 457 g/mol. The van der Waals surface area contributed by atoms with Crippen LogP contribution in [-0.2, 0) is 12.0 Å². The number of ether oxygens (including phenoxy) is 3. The molecule has 2 aromatic carbocycles. The number of imidazole rings is 1. The van der Waals surface area contributed by atoms with Crippen LogP contribution in [0.15, 0.2) is 52.8 Å². The van der Waals surface area contributed by atoms with Crippen molar-refractivity contribution in [1.82, 2.24) is 19.5 Å². The third-order valence-corrected chi connectivity index (χ3v) is 7.20. The van der Waals surface area contributed by atoms with Crippen LogP contribution in [0.25, 0.3) is 11.2 Å². The van der Waals surface area contributed by atoms with E-state index in [1.165, 1.54) is 17.3 Å². The number of aromatic amines is 1. The molecular formula is C23H20BN5O3S. The molecule has 2 radical (unpaired) electrons. The van der Waals surface area contributed by atoms with E-state index in [9.17, 15) is 0 Å². The van der Waals surface area contributed by atoms with Gasteiger partial charge in [0.25, 0.3) is 0 Å². The maximum atomic E-state index is 8.27. The van der Waals surface area contributed by atoms with Gasteiger partial charge in [0.15, 0.2) is 27.8 Å². The Labute approximate surface area is 195 Å². The summed E-state index contributed by atoms with van der Waals surface area (Å²) in [5.41, 5.74) is 3.37. The highest BCUT2D eigenvalue weighted by Crippen LogP contribution is 2.50. The van der Waals surface area contributed by atoms with Crippen LogP contribution < -0.4 is 25.2 Å². The number of methoxy groups -OCH3 is 1. The highest BCUT2D eigenvalue weighted by atomic mass is 32.2. The minimum absolute atomic E-state index is 0.0447. The molecule has 1 fully saturated rings. The molecule has 33 heavy (non-hydrogen) atoms. The minimum Gasteiger partial charge on any atom is -0.497 e. The molecule has 1 aliphatic carbocycles. The van der Waals surface area contributed by atoms with Crippen molar-refractivity contribution in [2.45, 2.75) is 34.9 Å². The number of hydrogen-bond donors (Lipinski definition) is 2. The molecule has 2 aliphatic rings. The third kappa shape index (κ3) is 3.54. The van der Waals surface area contributed by atoms with Crippen LogP contribution in [0.3, 0.4) is 0 Å². The fourth-order valence-corrected chi connectivity index (χ4v) is 5.05. The summed E-state index contributed by atoms with van der Waals surface area (Å²) in [7, 11) is 7.88. The molecule has 0 atom stereocenters. The van der Waals surface area contributed by atoms with E-state index in [2.05, 4.69) is 22.1 Å². The first-order valence-electron chi connectivity index (χ1n) is 10.6. The van der Waals surface area contributed by atoms with Gasteiger partial charge in [-0.25, -0.2) is 9.97 Å². The number of nitrogens with one attached hydrogen (secondary N) is 2. The molecular weight excluding hydrogens is 437 g/mol. The lowest BCUT2D eigenvalue weighted by Crippen LogP contribution is -2.20. The number of aromatic nitrogens is 4. The Morgan fingerprint density at radius 3 is 2.70 bits per heavy atom. The lowest BCUT2D eigenvalue weighted by atomic mass is 9.95. The molecule has 8 nitrogen and oxygen atoms in total. The summed E-state index contributed by atoms with van der Waals surface area (Å²) < 4.78 is 18.2. The molecule has 1 aliphatic heterocycles. The molecule has 4 aromatic rings. The molecule has 0 spiro atoms. The predicted octanol–water partition coefficient (Wildman–Crippen LogP) is 2.65. The Bertz CT molecular complexity index is 1430. The van der Waals surface area contributed by atoms with Gasteiger partial charge in [-0.15, -0.1) is 0 Å². The first-order valence-corrected chi connectivity index (χ1v) is 11.4. The van der Waals surface area contributed by atoms with E-state index in [1.54, 1.807) is 19.5 Å². The Kier molecular flexibility index (Phi) is 4.65.